The summed E-state index contributed by atoms with van der Waals surface area (Å²) in [6.07, 6.45) is 0. The minimum atomic E-state index is -0.0567. The van der Waals surface area contributed by atoms with Gasteiger partial charge in [-0.1, -0.05) is 47.0 Å². The average molecular weight is 452 g/mol. The van der Waals surface area contributed by atoms with Crippen LogP contribution in [-0.4, -0.2) is 62.2 Å². The van der Waals surface area contributed by atoms with E-state index in [1.807, 2.05) is 64.9 Å². The number of nitrogens with zero attached hydrogens (tertiary/aromatic N) is 7. The molecule has 156 valence electrons. The summed E-state index contributed by atoms with van der Waals surface area (Å²) >= 11 is 7.41. The van der Waals surface area contributed by atoms with Gasteiger partial charge in [-0.05, 0) is 34.7 Å². The van der Waals surface area contributed by atoms with Crippen LogP contribution in [0.1, 0.15) is 10.5 Å². The quantitative estimate of drug-likeness (QED) is 0.473. The van der Waals surface area contributed by atoms with E-state index in [1.165, 1.54) is 11.3 Å². The Morgan fingerprint density at radius 2 is 1.71 bits per heavy atom. The minimum Gasteiger partial charge on any atom is -0.336 e. The monoisotopic (exact) mass is 451 g/mol. The normalized spacial score (nSPS) is 14.1. The van der Waals surface area contributed by atoms with Gasteiger partial charge in [0.2, 0.25) is 5.95 Å². The van der Waals surface area contributed by atoms with Crippen molar-refractivity contribution in [3.8, 4) is 16.3 Å². The molecule has 0 unspecified atom stereocenters. The number of hydrogen-bond donors (Lipinski definition) is 0. The van der Waals surface area contributed by atoms with Crippen molar-refractivity contribution in [3.63, 3.8) is 0 Å². The number of benzene rings is 2. The van der Waals surface area contributed by atoms with E-state index in [2.05, 4.69) is 25.4 Å². The molecular weight excluding hydrogens is 434 g/mol. The maximum atomic E-state index is 13.0. The summed E-state index contributed by atoms with van der Waals surface area (Å²) in [7, 11) is 0. The lowest BCUT2D eigenvalue weighted by molar-refractivity contribution is 0.0741. The number of carbonyl (C=O) groups excluding carboxylic acids is 1. The molecule has 1 aliphatic rings. The second-order valence-corrected chi connectivity index (χ2v) is 8.34. The molecule has 4 aromatic rings. The first kappa shape index (κ1) is 19.7. The highest BCUT2D eigenvalue weighted by Crippen LogP contribution is 2.26. The van der Waals surface area contributed by atoms with Crippen molar-refractivity contribution in [2.24, 2.45) is 0 Å². The standard InChI is InChI=1S/C21H18ClN7OS/c22-16-8-6-15(7-9-16)19-23-18(14-31-19)20(30)27-10-12-28(13-11-27)21-24-25-26-29(21)17-4-2-1-3-5-17/h1-9,14H,10-13H2. The summed E-state index contributed by atoms with van der Waals surface area (Å²) in [6, 6.07) is 17.2. The van der Waals surface area contributed by atoms with Crippen molar-refractivity contribution < 1.29 is 4.79 Å². The van der Waals surface area contributed by atoms with Crippen molar-refractivity contribution in [1.82, 2.24) is 30.1 Å². The molecule has 1 amide bonds. The molecular formula is C21H18ClN7OS. The number of thiazole rings is 1. The molecule has 31 heavy (non-hydrogen) atoms. The maximum Gasteiger partial charge on any atom is 0.273 e. The Balaban J connectivity index is 1.26. The number of tetrazole rings is 1. The van der Waals surface area contributed by atoms with Crippen LogP contribution >= 0.6 is 22.9 Å². The molecule has 0 saturated carbocycles. The van der Waals surface area contributed by atoms with Gasteiger partial charge in [0.1, 0.15) is 10.7 Å². The van der Waals surface area contributed by atoms with Crippen molar-refractivity contribution in [2.45, 2.75) is 0 Å². The zero-order chi connectivity index (χ0) is 21.2. The first-order valence-electron chi connectivity index (χ1n) is 9.78. The molecule has 2 aromatic carbocycles. The summed E-state index contributed by atoms with van der Waals surface area (Å²) in [5.41, 5.74) is 2.32. The van der Waals surface area contributed by atoms with Crippen LogP contribution in [0, 0.1) is 0 Å². The van der Waals surface area contributed by atoms with Crippen LogP contribution in [0.15, 0.2) is 60.0 Å². The summed E-state index contributed by atoms with van der Waals surface area (Å²) in [4.78, 5) is 21.4. The molecule has 1 fully saturated rings. The number of halogens is 1. The Bertz CT molecular complexity index is 1180. The van der Waals surface area contributed by atoms with E-state index in [0.717, 1.165) is 16.3 Å². The van der Waals surface area contributed by atoms with Crippen LogP contribution in [0.3, 0.4) is 0 Å². The fourth-order valence-corrected chi connectivity index (χ4v) is 4.41. The van der Waals surface area contributed by atoms with Crippen LogP contribution in [-0.2, 0) is 0 Å². The Morgan fingerprint density at radius 3 is 2.45 bits per heavy atom. The van der Waals surface area contributed by atoms with Gasteiger partial charge in [0.05, 0.1) is 5.69 Å². The Labute approximate surface area is 187 Å². The predicted molar refractivity (Wildman–Crippen MR) is 120 cm³/mol. The van der Waals surface area contributed by atoms with Gasteiger partial charge in [-0.25, -0.2) is 4.98 Å². The number of amides is 1. The van der Waals surface area contributed by atoms with Gasteiger partial charge in [-0.15, -0.1) is 11.3 Å². The van der Waals surface area contributed by atoms with Gasteiger partial charge in [0.25, 0.3) is 5.91 Å². The molecule has 8 nitrogen and oxygen atoms in total. The molecule has 2 aromatic heterocycles. The number of para-hydroxylation sites is 1. The molecule has 0 bridgehead atoms. The fourth-order valence-electron chi connectivity index (χ4n) is 3.48. The topological polar surface area (TPSA) is 80.0 Å². The van der Waals surface area contributed by atoms with E-state index >= 15 is 0 Å². The molecule has 1 saturated heterocycles. The highest BCUT2D eigenvalue weighted by molar-refractivity contribution is 7.13. The molecule has 0 N–H and O–H groups in total. The van der Waals surface area contributed by atoms with Crippen molar-refractivity contribution in [2.75, 3.05) is 31.1 Å². The van der Waals surface area contributed by atoms with Crippen molar-refractivity contribution in [1.29, 1.82) is 0 Å². The van der Waals surface area contributed by atoms with Gasteiger partial charge in [-0.2, -0.15) is 4.68 Å². The summed E-state index contributed by atoms with van der Waals surface area (Å²) in [6.45, 7) is 2.45. The van der Waals surface area contributed by atoms with Crippen LogP contribution in [0.2, 0.25) is 5.02 Å². The summed E-state index contributed by atoms with van der Waals surface area (Å²) < 4.78 is 1.72. The number of hydrogen-bond acceptors (Lipinski definition) is 7. The van der Waals surface area contributed by atoms with Crippen LogP contribution in [0.25, 0.3) is 16.3 Å². The van der Waals surface area contributed by atoms with E-state index in [0.29, 0.717) is 42.8 Å². The van der Waals surface area contributed by atoms with Gasteiger partial charge >= 0.3 is 0 Å². The molecule has 5 rings (SSSR count). The van der Waals surface area contributed by atoms with Crippen LogP contribution < -0.4 is 4.90 Å². The fraction of sp³-hybridized carbons (Fsp3) is 0.190. The zero-order valence-corrected chi connectivity index (χ0v) is 18.0. The first-order chi connectivity index (χ1) is 15.2. The zero-order valence-electron chi connectivity index (χ0n) is 16.4. The number of carbonyl (C=O) groups is 1. The Kier molecular flexibility index (Phi) is 5.35. The van der Waals surface area contributed by atoms with Crippen molar-refractivity contribution in [3.05, 3.63) is 70.7 Å². The summed E-state index contributed by atoms with van der Waals surface area (Å²) in [5.74, 6) is 0.621. The maximum absolute atomic E-state index is 13.0. The van der Waals surface area contributed by atoms with Gasteiger partial charge < -0.3 is 9.80 Å². The highest BCUT2D eigenvalue weighted by Gasteiger charge is 2.26. The van der Waals surface area contributed by atoms with Crippen molar-refractivity contribution >= 4 is 34.8 Å². The molecule has 0 aliphatic carbocycles. The number of aromatic nitrogens is 5. The van der Waals surface area contributed by atoms with E-state index in [4.69, 9.17) is 11.6 Å². The molecule has 3 heterocycles. The first-order valence-corrected chi connectivity index (χ1v) is 11.0. The van der Waals surface area contributed by atoms with E-state index in [9.17, 15) is 4.79 Å². The van der Waals surface area contributed by atoms with E-state index < -0.39 is 0 Å². The second-order valence-electron chi connectivity index (χ2n) is 7.05. The van der Waals surface area contributed by atoms with Gasteiger partial charge in [-0.3, -0.25) is 4.79 Å². The smallest absolute Gasteiger partial charge is 0.273 e. The molecule has 0 atom stereocenters. The number of piperazine rings is 1. The third-order valence-electron chi connectivity index (χ3n) is 5.12. The lowest BCUT2D eigenvalue weighted by Gasteiger charge is -2.34. The van der Waals surface area contributed by atoms with Gasteiger partial charge in [0, 0.05) is 42.1 Å². The molecule has 0 radical (unpaired) electrons. The Hall–Kier alpha value is -3.30. The largest absolute Gasteiger partial charge is 0.336 e. The van der Waals surface area contributed by atoms with E-state index in [1.54, 1.807) is 4.68 Å². The lowest BCUT2D eigenvalue weighted by Crippen LogP contribution is -2.49. The highest BCUT2D eigenvalue weighted by atomic mass is 35.5. The van der Waals surface area contributed by atoms with Crippen LogP contribution in [0.5, 0.6) is 0 Å². The molecule has 10 heteroatoms. The third kappa shape index (κ3) is 4.01. The average Bonchev–Trinajstić information content (AvgIpc) is 3.50. The third-order valence-corrected chi connectivity index (χ3v) is 6.26. The number of anilines is 1. The van der Waals surface area contributed by atoms with Gasteiger partial charge in [0.15, 0.2) is 0 Å². The second kappa shape index (κ2) is 8.44. The SMILES string of the molecule is O=C(c1csc(-c2ccc(Cl)cc2)n1)N1CCN(c2nnnn2-c2ccccc2)CC1. The number of rotatable bonds is 4. The van der Waals surface area contributed by atoms with Crippen LogP contribution in [0.4, 0.5) is 5.95 Å². The molecule has 0 spiro atoms. The predicted octanol–water partition coefficient (Wildman–Crippen LogP) is 3.40. The molecule has 1 aliphatic heterocycles. The Morgan fingerprint density at radius 1 is 0.968 bits per heavy atom. The summed E-state index contributed by atoms with van der Waals surface area (Å²) in [5, 5.41) is 15.4. The lowest BCUT2D eigenvalue weighted by atomic mass is 10.2. The minimum absolute atomic E-state index is 0.0567. The van der Waals surface area contributed by atoms with E-state index in [-0.39, 0.29) is 5.91 Å².